The van der Waals surface area contributed by atoms with Gasteiger partial charge in [0, 0.05) is 17.8 Å². The summed E-state index contributed by atoms with van der Waals surface area (Å²) in [6, 6.07) is 5.64. The molecule has 1 aromatic rings. The topological polar surface area (TPSA) is 67.1 Å². The standard InChI is InChI=1S/C13H17N3OS/c1-8-4-5-10(9(7-8)12(14)18)16-11-3-2-6-15-13(11)17/h4-5,7,11,16H,2-3,6H2,1H3,(H2,14,18)(H,15,17). The molecule has 0 spiro atoms. The van der Waals surface area contributed by atoms with E-state index in [1.807, 2.05) is 25.1 Å². The van der Waals surface area contributed by atoms with Gasteiger partial charge in [-0.2, -0.15) is 0 Å². The predicted molar refractivity (Wildman–Crippen MR) is 76.7 cm³/mol. The van der Waals surface area contributed by atoms with Crippen LogP contribution in [0, 0.1) is 6.92 Å². The van der Waals surface area contributed by atoms with Gasteiger partial charge in [0.15, 0.2) is 0 Å². The molecule has 1 unspecified atom stereocenters. The second-order valence-corrected chi connectivity index (χ2v) is 4.98. The first-order chi connectivity index (χ1) is 8.58. The number of anilines is 1. The Morgan fingerprint density at radius 2 is 2.33 bits per heavy atom. The van der Waals surface area contributed by atoms with Crippen molar-refractivity contribution in [3.8, 4) is 0 Å². The lowest BCUT2D eigenvalue weighted by atomic mass is 10.0. The number of nitrogens with one attached hydrogen (secondary N) is 2. The van der Waals surface area contributed by atoms with E-state index >= 15 is 0 Å². The van der Waals surface area contributed by atoms with Crippen molar-refractivity contribution in [2.75, 3.05) is 11.9 Å². The van der Waals surface area contributed by atoms with E-state index in [0.717, 1.165) is 36.2 Å². The monoisotopic (exact) mass is 263 g/mol. The summed E-state index contributed by atoms with van der Waals surface area (Å²) in [4.78, 5) is 12.1. The molecule has 4 N–H and O–H groups in total. The molecule has 1 aliphatic rings. The molecule has 1 aliphatic heterocycles. The number of carbonyl (C=O) groups excluding carboxylic acids is 1. The van der Waals surface area contributed by atoms with Crippen molar-refractivity contribution in [3.05, 3.63) is 29.3 Å². The summed E-state index contributed by atoms with van der Waals surface area (Å²) in [7, 11) is 0. The van der Waals surface area contributed by atoms with Crippen molar-refractivity contribution in [1.29, 1.82) is 0 Å². The van der Waals surface area contributed by atoms with E-state index in [1.165, 1.54) is 0 Å². The first kappa shape index (κ1) is 12.8. The average Bonchev–Trinajstić information content (AvgIpc) is 2.34. The van der Waals surface area contributed by atoms with Gasteiger partial charge in [-0.3, -0.25) is 4.79 Å². The summed E-state index contributed by atoms with van der Waals surface area (Å²) in [6.45, 7) is 2.74. The fourth-order valence-corrected chi connectivity index (χ4v) is 2.25. The molecule has 5 heteroatoms. The van der Waals surface area contributed by atoms with Gasteiger partial charge >= 0.3 is 0 Å². The minimum absolute atomic E-state index is 0.0377. The lowest BCUT2D eigenvalue weighted by molar-refractivity contribution is -0.123. The van der Waals surface area contributed by atoms with E-state index < -0.39 is 0 Å². The van der Waals surface area contributed by atoms with Crippen LogP contribution in [0.25, 0.3) is 0 Å². The number of piperidine rings is 1. The largest absolute Gasteiger partial charge is 0.389 e. The highest BCUT2D eigenvalue weighted by atomic mass is 32.1. The first-order valence-corrected chi connectivity index (χ1v) is 6.43. The number of rotatable bonds is 3. The Labute approximate surface area is 112 Å². The number of carbonyl (C=O) groups is 1. The number of hydrogen-bond donors (Lipinski definition) is 3. The number of aryl methyl sites for hydroxylation is 1. The molecule has 0 aromatic heterocycles. The second kappa shape index (κ2) is 5.35. The summed E-state index contributed by atoms with van der Waals surface area (Å²) in [5.41, 5.74) is 8.43. The molecule has 96 valence electrons. The molecule has 2 rings (SSSR count). The van der Waals surface area contributed by atoms with Crippen LogP contribution in [0.1, 0.15) is 24.0 Å². The van der Waals surface area contributed by atoms with Crippen LogP contribution in [0.15, 0.2) is 18.2 Å². The Kier molecular flexibility index (Phi) is 3.81. The number of amides is 1. The number of nitrogens with two attached hydrogens (primary N) is 1. The molecule has 1 amide bonds. The molecule has 1 atom stereocenters. The second-order valence-electron chi connectivity index (χ2n) is 4.54. The molecule has 0 radical (unpaired) electrons. The highest BCUT2D eigenvalue weighted by Crippen LogP contribution is 2.20. The molecule has 0 saturated carbocycles. The van der Waals surface area contributed by atoms with Crippen molar-refractivity contribution < 1.29 is 4.79 Å². The molecular weight excluding hydrogens is 246 g/mol. The van der Waals surface area contributed by atoms with Crippen molar-refractivity contribution in [2.24, 2.45) is 5.73 Å². The maximum Gasteiger partial charge on any atom is 0.242 e. The highest BCUT2D eigenvalue weighted by Gasteiger charge is 2.22. The van der Waals surface area contributed by atoms with Gasteiger partial charge < -0.3 is 16.4 Å². The third kappa shape index (κ3) is 2.79. The van der Waals surface area contributed by atoms with Gasteiger partial charge in [-0.1, -0.05) is 23.8 Å². The number of thiocarbonyl (C=S) groups is 1. The van der Waals surface area contributed by atoms with E-state index in [2.05, 4.69) is 10.6 Å². The van der Waals surface area contributed by atoms with Crippen LogP contribution >= 0.6 is 12.2 Å². The van der Waals surface area contributed by atoms with E-state index in [4.69, 9.17) is 18.0 Å². The van der Waals surface area contributed by atoms with E-state index in [0.29, 0.717) is 4.99 Å². The van der Waals surface area contributed by atoms with Crippen molar-refractivity contribution in [1.82, 2.24) is 5.32 Å². The summed E-state index contributed by atoms with van der Waals surface area (Å²) in [6.07, 6.45) is 1.81. The van der Waals surface area contributed by atoms with E-state index in [1.54, 1.807) is 0 Å². The summed E-state index contributed by atoms with van der Waals surface area (Å²) >= 11 is 5.04. The summed E-state index contributed by atoms with van der Waals surface area (Å²) < 4.78 is 0. The van der Waals surface area contributed by atoms with Gasteiger partial charge in [-0.15, -0.1) is 0 Å². The van der Waals surface area contributed by atoms with Crippen LogP contribution in [-0.2, 0) is 4.79 Å². The normalized spacial score (nSPS) is 19.2. The van der Waals surface area contributed by atoms with E-state index in [-0.39, 0.29) is 11.9 Å². The molecule has 4 nitrogen and oxygen atoms in total. The van der Waals surface area contributed by atoms with Crippen LogP contribution in [0.3, 0.4) is 0 Å². The molecule has 0 bridgehead atoms. The number of hydrogen-bond acceptors (Lipinski definition) is 3. The molecule has 1 saturated heterocycles. The van der Waals surface area contributed by atoms with Crippen LogP contribution in [0.4, 0.5) is 5.69 Å². The molecular formula is C13H17N3OS. The Hall–Kier alpha value is -1.62. The van der Waals surface area contributed by atoms with Gasteiger partial charge in [0.2, 0.25) is 5.91 Å². The van der Waals surface area contributed by atoms with Crippen LogP contribution in [0.2, 0.25) is 0 Å². The zero-order valence-electron chi connectivity index (χ0n) is 10.3. The highest BCUT2D eigenvalue weighted by molar-refractivity contribution is 7.80. The molecule has 1 fully saturated rings. The van der Waals surface area contributed by atoms with E-state index in [9.17, 15) is 4.79 Å². The fraction of sp³-hybridized carbons (Fsp3) is 0.385. The van der Waals surface area contributed by atoms with Gasteiger partial charge in [0.1, 0.15) is 11.0 Å². The first-order valence-electron chi connectivity index (χ1n) is 6.02. The Bertz CT molecular complexity index is 487. The quantitative estimate of drug-likeness (QED) is 0.720. The lowest BCUT2D eigenvalue weighted by Crippen LogP contribution is -2.44. The molecule has 18 heavy (non-hydrogen) atoms. The third-order valence-electron chi connectivity index (χ3n) is 3.06. The zero-order chi connectivity index (χ0) is 13.1. The summed E-state index contributed by atoms with van der Waals surface area (Å²) in [5, 5.41) is 6.08. The summed E-state index contributed by atoms with van der Waals surface area (Å²) in [5.74, 6) is 0.0377. The van der Waals surface area contributed by atoms with Gasteiger partial charge in [0.25, 0.3) is 0 Å². The van der Waals surface area contributed by atoms with Crippen LogP contribution in [0.5, 0.6) is 0 Å². The van der Waals surface area contributed by atoms with Crippen molar-refractivity contribution in [2.45, 2.75) is 25.8 Å². The third-order valence-corrected chi connectivity index (χ3v) is 3.28. The smallest absolute Gasteiger partial charge is 0.242 e. The molecule has 1 aromatic carbocycles. The van der Waals surface area contributed by atoms with Gasteiger partial charge in [0.05, 0.1) is 0 Å². The Morgan fingerprint density at radius 3 is 3.00 bits per heavy atom. The van der Waals surface area contributed by atoms with Crippen molar-refractivity contribution in [3.63, 3.8) is 0 Å². The maximum absolute atomic E-state index is 11.7. The molecule has 0 aliphatic carbocycles. The predicted octanol–water partition coefficient (Wildman–Crippen LogP) is 1.32. The van der Waals surface area contributed by atoms with Gasteiger partial charge in [-0.05, 0) is 31.9 Å². The zero-order valence-corrected chi connectivity index (χ0v) is 11.1. The SMILES string of the molecule is Cc1ccc(NC2CCCNC2=O)c(C(N)=S)c1. The Balaban J connectivity index is 2.22. The average molecular weight is 263 g/mol. The lowest BCUT2D eigenvalue weighted by Gasteiger charge is -2.25. The minimum atomic E-state index is -0.199. The number of benzene rings is 1. The van der Waals surface area contributed by atoms with Crippen LogP contribution < -0.4 is 16.4 Å². The Morgan fingerprint density at radius 1 is 1.56 bits per heavy atom. The minimum Gasteiger partial charge on any atom is -0.389 e. The maximum atomic E-state index is 11.7. The van der Waals surface area contributed by atoms with Crippen LogP contribution in [-0.4, -0.2) is 23.5 Å². The fourth-order valence-electron chi connectivity index (χ4n) is 2.09. The van der Waals surface area contributed by atoms with Crippen molar-refractivity contribution >= 4 is 28.8 Å². The van der Waals surface area contributed by atoms with Gasteiger partial charge in [-0.25, -0.2) is 0 Å². The molecule has 1 heterocycles.